The van der Waals surface area contributed by atoms with Crippen molar-refractivity contribution in [1.82, 2.24) is 15.8 Å². The summed E-state index contributed by atoms with van der Waals surface area (Å²) in [4.78, 5) is 25.6. The molecular formula is C11H15N3O2. The molecule has 0 unspecified atom stereocenters. The summed E-state index contributed by atoms with van der Waals surface area (Å²) in [6.45, 7) is 3.63. The number of H-pyrrole nitrogens is 1. The van der Waals surface area contributed by atoms with Crippen molar-refractivity contribution < 1.29 is 9.59 Å². The van der Waals surface area contributed by atoms with Crippen LogP contribution in [-0.4, -0.2) is 16.8 Å². The molecular weight excluding hydrogens is 206 g/mol. The first-order chi connectivity index (χ1) is 7.65. The number of amides is 2. The molecule has 0 fully saturated rings. The van der Waals surface area contributed by atoms with Gasteiger partial charge in [-0.25, -0.2) is 0 Å². The topological polar surface area (TPSA) is 74.0 Å². The lowest BCUT2D eigenvalue weighted by Gasteiger charge is -2.06. The van der Waals surface area contributed by atoms with Crippen LogP contribution in [0.1, 0.15) is 30.8 Å². The van der Waals surface area contributed by atoms with E-state index in [9.17, 15) is 9.59 Å². The average Bonchev–Trinajstić information content (AvgIpc) is 2.79. The molecule has 16 heavy (non-hydrogen) atoms. The SMILES string of the molecule is CC/C=C(/C)C(=O)NNC(=O)c1ccc[nH]1. The van der Waals surface area contributed by atoms with E-state index in [0.29, 0.717) is 11.3 Å². The van der Waals surface area contributed by atoms with Crippen molar-refractivity contribution in [2.24, 2.45) is 0 Å². The van der Waals surface area contributed by atoms with E-state index in [4.69, 9.17) is 0 Å². The Morgan fingerprint density at radius 1 is 1.44 bits per heavy atom. The number of aromatic nitrogens is 1. The van der Waals surface area contributed by atoms with Crippen LogP contribution in [0.15, 0.2) is 30.0 Å². The fourth-order valence-electron chi connectivity index (χ4n) is 1.15. The van der Waals surface area contributed by atoms with Crippen LogP contribution in [-0.2, 0) is 4.79 Å². The molecule has 1 rings (SSSR count). The van der Waals surface area contributed by atoms with Gasteiger partial charge in [0.05, 0.1) is 0 Å². The molecule has 3 N–H and O–H groups in total. The third-order valence-corrected chi connectivity index (χ3v) is 2.00. The molecule has 5 nitrogen and oxygen atoms in total. The zero-order chi connectivity index (χ0) is 12.0. The highest BCUT2D eigenvalue weighted by Crippen LogP contribution is 1.95. The predicted molar refractivity (Wildman–Crippen MR) is 60.4 cm³/mol. The molecule has 1 heterocycles. The molecule has 0 saturated carbocycles. The normalized spacial score (nSPS) is 11.0. The fraction of sp³-hybridized carbons (Fsp3) is 0.273. The smallest absolute Gasteiger partial charge is 0.286 e. The maximum atomic E-state index is 11.4. The number of hydrazine groups is 1. The molecule has 0 aliphatic rings. The highest BCUT2D eigenvalue weighted by atomic mass is 16.2. The Balaban J connectivity index is 2.44. The second kappa shape index (κ2) is 5.75. The number of hydrogen-bond donors (Lipinski definition) is 3. The van der Waals surface area contributed by atoms with E-state index in [1.807, 2.05) is 6.92 Å². The minimum absolute atomic E-state index is 0.304. The van der Waals surface area contributed by atoms with E-state index in [-0.39, 0.29) is 11.8 Å². The van der Waals surface area contributed by atoms with Crippen LogP contribution in [0.2, 0.25) is 0 Å². The Labute approximate surface area is 93.9 Å². The van der Waals surface area contributed by atoms with Gasteiger partial charge in [0.1, 0.15) is 5.69 Å². The molecule has 0 aliphatic carbocycles. The lowest BCUT2D eigenvalue weighted by atomic mass is 10.2. The van der Waals surface area contributed by atoms with Crippen LogP contribution in [0.25, 0.3) is 0 Å². The molecule has 0 aromatic carbocycles. The maximum absolute atomic E-state index is 11.4. The number of carbonyl (C=O) groups excluding carboxylic acids is 2. The second-order valence-corrected chi connectivity index (χ2v) is 3.29. The Morgan fingerprint density at radius 3 is 2.75 bits per heavy atom. The van der Waals surface area contributed by atoms with Crippen LogP contribution in [0.5, 0.6) is 0 Å². The number of rotatable bonds is 3. The average molecular weight is 221 g/mol. The quantitative estimate of drug-likeness (QED) is 0.528. The van der Waals surface area contributed by atoms with E-state index < -0.39 is 0 Å². The molecule has 1 aromatic heterocycles. The first kappa shape index (κ1) is 12.0. The summed E-state index contributed by atoms with van der Waals surface area (Å²) in [6.07, 6.45) is 4.21. The van der Waals surface area contributed by atoms with Crippen molar-refractivity contribution in [2.45, 2.75) is 20.3 Å². The van der Waals surface area contributed by atoms with Gasteiger partial charge in [-0.2, -0.15) is 0 Å². The molecule has 5 heteroatoms. The van der Waals surface area contributed by atoms with Crippen LogP contribution in [0.3, 0.4) is 0 Å². The van der Waals surface area contributed by atoms with Crippen LogP contribution in [0.4, 0.5) is 0 Å². The van der Waals surface area contributed by atoms with E-state index in [1.54, 1.807) is 31.3 Å². The van der Waals surface area contributed by atoms with Gasteiger partial charge in [-0.3, -0.25) is 20.4 Å². The van der Waals surface area contributed by atoms with Crippen LogP contribution in [0, 0.1) is 0 Å². The highest BCUT2D eigenvalue weighted by molar-refractivity contribution is 5.97. The summed E-state index contributed by atoms with van der Waals surface area (Å²) in [5, 5.41) is 0. The maximum Gasteiger partial charge on any atom is 0.286 e. The molecule has 0 saturated heterocycles. The molecule has 0 spiro atoms. The van der Waals surface area contributed by atoms with Crippen molar-refractivity contribution in [1.29, 1.82) is 0 Å². The zero-order valence-electron chi connectivity index (χ0n) is 9.33. The van der Waals surface area contributed by atoms with Gasteiger partial charge >= 0.3 is 0 Å². The molecule has 86 valence electrons. The first-order valence-corrected chi connectivity index (χ1v) is 5.06. The number of allylic oxidation sites excluding steroid dienone is 1. The highest BCUT2D eigenvalue weighted by Gasteiger charge is 2.07. The van der Waals surface area contributed by atoms with Gasteiger partial charge in [-0.15, -0.1) is 0 Å². The summed E-state index contributed by atoms with van der Waals surface area (Å²) in [7, 11) is 0. The van der Waals surface area contributed by atoms with Crippen LogP contribution < -0.4 is 10.9 Å². The number of carbonyl (C=O) groups is 2. The van der Waals surface area contributed by atoms with Gasteiger partial charge < -0.3 is 4.98 Å². The third kappa shape index (κ3) is 3.27. The Kier molecular flexibility index (Phi) is 4.32. The lowest BCUT2D eigenvalue weighted by Crippen LogP contribution is -2.42. The minimum atomic E-state index is -0.373. The number of hydrogen-bond acceptors (Lipinski definition) is 2. The molecule has 0 bridgehead atoms. The molecule has 2 amide bonds. The summed E-state index contributed by atoms with van der Waals surface area (Å²) < 4.78 is 0. The second-order valence-electron chi connectivity index (χ2n) is 3.29. The molecule has 0 atom stereocenters. The van der Waals surface area contributed by atoms with E-state index in [2.05, 4.69) is 15.8 Å². The van der Waals surface area contributed by atoms with Gasteiger partial charge in [0.25, 0.3) is 11.8 Å². The number of nitrogens with one attached hydrogen (secondary N) is 3. The summed E-state index contributed by atoms with van der Waals surface area (Å²) in [5.74, 6) is -0.676. The summed E-state index contributed by atoms with van der Waals surface area (Å²) in [6, 6.07) is 3.33. The van der Waals surface area contributed by atoms with E-state index >= 15 is 0 Å². The van der Waals surface area contributed by atoms with Gasteiger partial charge in [0, 0.05) is 11.8 Å². The first-order valence-electron chi connectivity index (χ1n) is 5.06. The van der Waals surface area contributed by atoms with E-state index in [1.165, 1.54) is 0 Å². The van der Waals surface area contributed by atoms with Gasteiger partial charge in [0.15, 0.2) is 0 Å². The van der Waals surface area contributed by atoms with Crippen LogP contribution >= 0.6 is 0 Å². The third-order valence-electron chi connectivity index (χ3n) is 2.00. The van der Waals surface area contributed by atoms with E-state index in [0.717, 1.165) is 6.42 Å². The van der Waals surface area contributed by atoms with Crippen molar-refractivity contribution in [3.05, 3.63) is 35.7 Å². The number of aromatic amines is 1. The van der Waals surface area contributed by atoms with Gasteiger partial charge in [-0.05, 0) is 25.5 Å². The Bertz CT molecular complexity index is 393. The largest absolute Gasteiger partial charge is 0.357 e. The molecule has 1 aromatic rings. The fourth-order valence-corrected chi connectivity index (χ4v) is 1.15. The molecule has 0 radical (unpaired) electrons. The lowest BCUT2D eigenvalue weighted by molar-refractivity contribution is -0.118. The van der Waals surface area contributed by atoms with Crippen molar-refractivity contribution in [2.75, 3.05) is 0 Å². The molecule has 0 aliphatic heterocycles. The summed E-state index contributed by atoms with van der Waals surface area (Å²) >= 11 is 0. The van der Waals surface area contributed by atoms with Crippen molar-refractivity contribution in [3.63, 3.8) is 0 Å². The Morgan fingerprint density at radius 2 is 2.19 bits per heavy atom. The standard InChI is InChI=1S/C11H15N3O2/c1-3-5-8(2)10(15)13-14-11(16)9-6-4-7-12-9/h4-7,12H,3H2,1-2H3,(H,13,15)(H,14,16)/b8-5-. The predicted octanol–water partition coefficient (Wildman–Crippen LogP) is 1.13. The van der Waals surface area contributed by atoms with Crippen molar-refractivity contribution in [3.8, 4) is 0 Å². The van der Waals surface area contributed by atoms with Crippen molar-refractivity contribution >= 4 is 11.8 Å². The van der Waals surface area contributed by atoms with Gasteiger partial charge in [0.2, 0.25) is 0 Å². The zero-order valence-corrected chi connectivity index (χ0v) is 9.33. The summed E-state index contributed by atoms with van der Waals surface area (Å²) in [5.41, 5.74) is 5.62. The Hall–Kier alpha value is -2.04. The monoisotopic (exact) mass is 221 g/mol. The minimum Gasteiger partial charge on any atom is -0.357 e. The van der Waals surface area contributed by atoms with Gasteiger partial charge in [-0.1, -0.05) is 13.0 Å².